The maximum Gasteiger partial charge on any atom is 0.0885 e. The lowest BCUT2D eigenvalue weighted by Gasteiger charge is -2.09. The molecule has 0 atom stereocenters. The van der Waals surface area contributed by atoms with E-state index in [1.807, 2.05) is 76.2 Å². The van der Waals surface area contributed by atoms with Gasteiger partial charge in [0.15, 0.2) is 0 Å². The summed E-state index contributed by atoms with van der Waals surface area (Å²) < 4.78 is 0. The highest BCUT2D eigenvalue weighted by molar-refractivity contribution is 6.06. The van der Waals surface area contributed by atoms with E-state index in [-0.39, 0.29) is 0 Å². The summed E-state index contributed by atoms with van der Waals surface area (Å²) in [6, 6.07) is 16.0. The van der Waals surface area contributed by atoms with Gasteiger partial charge in [0.1, 0.15) is 0 Å². The maximum absolute atomic E-state index is 4.79. The molecule has 0 saturated heterocycles. The van der Waals surface area contributed by atoms with Gasteiger partial charge in [-0.15, -0.1) is 0 Å². The summed E-state index contributed by atoms with van der Waals surface area (Å²) in [6.07, 6.45) is 1.43. The maximum atomic E-state index is 4.79. The smallest absolute Gasteiger partial charge is 0.0885 e. The molecule has 3 rings (SSSR count). The fourth-order valence-corrected chi connectivity index (χ4v) is 3.03. The van der Waals surface area contributed by atoms with Crippen LogP contribution in [0.2, 0.25) is 0 Å². The average Bonchev–Trinajstić information content (AvgIpc) is 2.57. The van der Waals surface area contributed by atoms with Crippen molar-refractivity contribution in [1.82, 2.24) is 0 Å². The summed E-state index contributed by atoms with van der Waals surface area (Å²) in [5, 5.41) is 0. The van der Waals surface area contributed by atoms with Crippen LogP contribution in [0.3, 0.4) is 0 Å². The van der Waals surface area contributed by atoms with Gasteiger partial charge in [-0.1, -0.05) is 24.3 Å². The number of hydrogen-bond acceptors (Lipinski definition) is 4. The highest BCUT2D eigenvalue weighted by Gasteiger charge is 2.07. The van der Waals surface area contributed by atoms with Crippen LogP contribution in [0.15, 0.2) is 68.5 Å². The van der Waals surface area contributed by atoms with E-state index in [1.165, 1.54) is 0 Å². The van der Waals surface area contributed by atoms with Gasteiger partial charge in [0.25, 0.3) is 0 Å². The quantitative estimate of drug-likeness (QED) is 0.520. The number of nitrogens with zero attached hydrogens (tertiary/aromatic N) is 4. The summed E-state index contributed by atoms with van der Waals surface area (Å²) in [5.41, 5.74) is 7.63. The Morgan fingerprint density at radius 1 is 0.462 bits per heavy atom. The van der Waals surface area contributed by atoms with Crippen LogP contribution in [0.25, 0.3) is 0 Å². The first-order valence-electron chi connectivity index (χ1n) is 8.86. The Hall–Kier alpha value is -2.88. The Bertz CT molecular complexity index is 781. The van der Waals surface area contributed by atoms with E-state index in [9.17, 15) is 0 Å². The summed E-state index contributed by atoms with van der Waals surface area (Å²) in [6.45, 7) is 8.14. The Balaban J connectivity index is 2.13. The van der Waals surface area contributed by atoms with Crippen LogP contribution in [-0.2, 0) is 0 Å². The minimum Gasteiger partial charge on any atom is -0.255 e. The molecule has 4 heteroatoms. The zero-order valence-electron chi connectivity index (χ0n) is 15.8. The number of fused-ring (bicyclic) bond motifs is 2. The molecule has 1 aliphatic heterocycles. The minimum atomic E-state index is 0.716. The van der Waals surface area contributed by atoms with Crippen LogP contribution in [0.1, 0.15) is 40.5 Å². The van der Waals surface area contributed by atoms with Gasteiger partial charge in [-0.3, -0.25) is 20.0 Å². The van der Waals surface area contributed by atoms with Crippen molar-refractivity contribution in [3.05, 3.63) is 48.5 Å². The third-order valence-electron chi connectivity index (χ3n) is 4.03. The highest BCUT2D eigenvalue weighted by atomic mass is 14.9. The van der Waals surface area contributed by atoms with Crippen LogP contribution in [-0.4, -0.2) is 22.8 Å². The van der Waals surface area contributed by atoms with Crippen molar-refractivity contribution in [3.63, 3.8) is 0 Å². The van der Waals surface area contributed by atoms with Crippen LogP contribution in [0, 0.1) is 0 Å². The van der Waals surface area contributed by atoms with E-state index in [4.69, 9.17) is 20.0 Å². The SMILES string of the molecule is CC1=Nc2ccccc2N=C(C)CC(C)=Nc2ccccc2N=C(C)C1. The summed E-state index contributed by atoms with van der Waals surface area (Å²) >= 11 is 0. The van der Waals surface area contributed by atoms with Gasteiger partial charge in [-0.25, -0.2) is 0 Å². The van der Waals surface area contributed by atoms with Gasteiger partial charge in [-0.2, -0.15) is 0 Å². The molecule has 26 heavy (non-hydrogen) atoms. The number of para-hydroxylation sites is 4. The zero-order chi connectivity index (χ0) is 18.5. The van der Waals surface area contributed by atoms with Crippen molar-refractivity contribution in [1.29, 1.82) is 0 Å². The van der Waals surface area contributed by atoms with E-state index in [0.717, 1.165) is 45.6 Å². The summed E-state index contributed by atoms with van der Waals surface area (Å²) in [4.78, 5) is 19.1. The van der Waals surface area contributed by atoms with Crippen molar-refractivity contribution in [2.24, 2.45) is 20.0 Å². The molecular weight excluding hydrogens is 320 g/mol. The molecule has 0 N–H and O–H groups in total. The van der Waals surface area contributed by atoms with E-state index in [0.29, 0.717) is 12.8 Å². The molecule has 0 aliphatic carbocycles. The van der Waals surface area contributed by atoms with Crippen molar-refractivity contribution in [2.75, 3.05) is 0 Å². The molecule has 0 bridgehead atoms. The zero-order valence-corrected chi connectivity index (χ0v) is 15.8. The van der Waals surface area contributed by atoms with Crippen LogP contribution in [0.5, 0.6) is 0 Å². The second-order valence-corrected chi connectivity index (χ2v) is 6.72. The molecule has 1 aliphatic rings. The first-order chi connectivity index (χ1) is 12.5. The van der Waals surface area contributed by atoms with E-state index < -0.39 is 0 Å². The van der Waals surface area contributed by atoms with Crippen LogP contribution in [0.4, 0.5) is 22.7 Å². The fraction of sp³-hybridized carbons (Fsp3) is 0.273. The second kappa shape index (κ2) is 8.00. The molecule has 132 valence electrons. The van der Waals surface area contributed by atoms with Crippen molar-refractivity contribution < 1.29 is 0 Å². The Labute approximate surface area is 155 Å². The standard InChI is InChI=1S/C22H24N4/c1-15-13-16(2)24-21-11-7-8-12-22(21)26-18(4)14-17(3)25-20-10-6-5-9-19(20)23-15/h5-12H,13-14H2,1-4H3. The lowest BCUT2D eigenvalue weighted by molar-refractivity contribution is 1.32. The summed E-state index contributed by atoms with van der Waals surface area (Å²) in [5.74, 6) is 0. The van der Waals surface area contributed by atoms with Gasteiger partial charge in [-0.05, 0) is 52.0 Å². The topological polar surface area (TPSA) is 49.4 Å². The molecule has 0 amide bonds. The number of aliphatic imine (C=N–C) groups is 4. The number of hydrogen-bond donors (Lipinski definition) is 0. The normalized spacial score (nSPS) is 15.5. The van der Waals surface area contributed by atoms with Gasteiger partial charge in [0.05, 0.1) is 22.7 Å². The lowest BCUT2D eigenvalue weighted by Crippen LogP contribution is -2.02. The van der Waals surface area contributed by atoms with E-state index in [1.54, 1.807) is 0 Å². The second-order valence-electron chi connectivity index (χ2n) is 6.72. The lowest BCUT2D eigenvalue weighted by atomic mass is 10.1. The first kappa shape index (κ1) is 17.9. The minimum absolute atomic E-state index is 0.716. The number of benzene rings is 2. The van der Waals surface area contributed by atoms with Crippen LogP contribution >= 0.6 is 0 Å². The molecule has 0 aromatic heterocycles. The number of rotatable bonds is 0. The van der Waals surface area contributed by atoms with Gasteiger partial charge < -0.3 is 0 Å². The van der Waals surface area contributed by atoms with E-state index in [2.05, 4.69) is 0 Å². The Morgan fingerprint density at radius 2 is 0.692 bits per heavy atom. The van der Waals surface area contributed by atoms with Crippen molar-refractivity contribution in [3.8, 4) is 0 Å². The average molecular weight is 344 g/mol. The Kier molecular flexibility index (Phi) is 5.52. The van der Waals surface area contributed by atoms with Crippen molar-refractivity contribution in [2.45, 2.75) is 40.5 Å². The molecule has 0 spiro atoms. The van der Waals surface area contributed by atoms with Gasteiger partial charge in [0.2, 0.25) is 0 Å². The van der Waals surface area contributed by atoms with E-state index >= 15 is 0 Å². The third-order valence-corrected chi connectivity index (χ3v) is 4.03. The largest absolute Gasteiger partial charge is 0.255 e. The predicted octanol–water partition coefficient (Wildman–Crippen LogP) is 6.55. The molecular formula is C22H24N4. The molecule has 0 unspecified atom stereocenters. The Morgan fingerprint density at radius 3 is 0.923 bits per heavy atom. The molecule has 0 saturated carbocycles. The highest BCUT2D eigenvalue weighted by Crippen LogP contribution is 2.30. The fourth-order valence-electron chi connectivity index (χ4n) is 3.03. The van der Waals surface area contributed by atoms with Gasteiger partial charge >= 0.3 is 0 Å². The molecule has 4 nitrogen and oxygen atoms in total. The third kappa shape index (κ3) is 4.60. The summed E-state index contributed by atoms with van der Waals surface area (Å²) in [7, 11) is 0. The molecule has 2 aromatic carbocycles. The molecule has 0 radical (unpaired) electrons. The monoisotopic (exact) mass is 344 g/mol. The molecule has 1 heterocycles. The van der Waals surface area contributed by atoms with Crippen molar-refractivity contribution >= 4 is 45.6 Å². The molecule has 0 fully saturated rings. The first-order valence-corrected chi connectivity index (χ1v) is 8.86. The van der Waals surface area contributed by atoms with Gasteiger partial charge in [0, 0.05) is 35.7 Å². The molecule has 2 aromatic rings. The van der Waals surface area contributed by atoms with Crippen LogP contribution < -0.4 is 0 Å². The predicted molar refractivity (Wildman–Crippen MR) is 113 cm³/mol.